The molecule has 0 saturated carbocycles. The summed E-state index contributed by atoms with van der Waals surface area (Å²) in [7, 11) is 0. The SMILES string of the molecule is NC(CCO)c1cccc(F)c1Br. The van der Waals surface area contributed by atoms with E-state index in [-0.39, 0.29) is 18.5 Å². The molecule has 72 valence electrons. The van der Waals surface area contributed by atoms with E-state index in [1.54, 1.807) is 12.1 Å². The second-order valence-corrected chi connectivity index (χ2v) is 3.55. The lowest BCUT2D eigenvalue weighted by Gasteiger charge is -2.12. The van der Waals surface area contributed by atoms with Crippen LogP contribution in [-0.4, -0.2) is 11.7 Å². The molecule has 0 spiro atoms. The Kier molecular flexibility index (Phi) is 3.84. The molecule has 0 aliphatic rings. The highest BCUT2D eigenvalue weighted by Crippen LogP contribution is 2.26. The Morgan fingerprint density at radius 1 is 1.54 bits per heavy atom. The molecular formula is C9H11BrFNO. The van der Waals surface area contributed by atoms with Gasteiger partial charge in [-0.1, -0.05) is 12.1 Å². The van der Waals surface area contributed by atoms with E-state index in [0.717, 1.165) is 0 Å². The quantitative estimate of drug-likeness (QED) is 0.858. The molecule has 3 N–H and O–H groups in total. The van der Waals surface area contributed by atoms with Gasteiger partial charge in [-0.05, 0) is 34.0 Å². The standard InChI is InChI=1S/C9H11BrFNO/c10-9-6(8(12)4-5-13)2-1-3-7(9)11/h1-3,8,13H,4-5,12H2. The summed E-state index contributed by atoms with van der Waals surface area (Å²) in [6, 6.07) is 4.38. The molecule has 0 aromatic heterocycles. The minimum atomic E-state index is -0.328. The van der Waals surface area contributed by atoms with Crippen LogP contribution in [-0.2, 0) is 0 Å². The molecule has 0 aliphatic carbocycles. The van der Waals surface area contributed by atoms with E-state index in [1.807, 2.05) is 0 Å². The minimum Gasteiger partial charge on any atom is -0.396 e. The Balaban J connectivity index is 2.93. The lowest BCUT2D eigenvalue weighted by Crippen LogP contribution is -2.12. The van der Waals surface area contributed by atoms with Crippen molar-refractivity contribution in [1.82, 2.24) is 0 Å². The van der Waals surface area contributed by atoms with Gasteiger partial charge in [-0.25, -0.2) is 4.39 Å². The van der Waals surface area contributed by atoms with E-state index >= 15 is 0 Å². The van der Waals surface area contributed by atoms with Crippen molar-refractivity contribution in [1.29, 1.82) is 0 Å². The number of rotatable bonds is 3. The van der Waals surface area contributed by atoms with Crippen molar-refractivity contribution in [2.24, 2.45) is 5.73 Å². The monoisotopic (exact) mass is 247 g/mol. The summed E-state index contributed by atoms with van der Waals surface area (Å²) in [6.45, 7) is 0.00409. The predicted molar refractivity (Wildman–Crippen MR) is 52.7 cm³/mol. The molecule has 0 heterocycles. The Morgan fingerprint density at radius 3 is 2.85 bits per heavy atom. The van der Waals surface area contributed by atoms with Gasteiger partial charge in [0.25, 0.3) is 0 Å². The van der Waals surface area contributed by atoms with Gasteiger partial charge in [0.2, 0.25) is 0 Å². The minimum absolute atomic E-state index is 0.00409. The van der Waals surface area contributed by atoms with Gasteiger partial charge >= 0.3 is 0 Å². The van der Waals surface area contributed by atoms with Crippen LogP contribution in [0.3, 0.4) is 0 Å². The van der Waals surface area contributed by atoms with Gasteiger partial charge in [0.1, 0.15) is 5.82 Å². The van der Waals surface area contributed by atoms with Crippen molar-refractivity contribution >= 4 is 15.9 Å². The summed E-state index contributed by atoms with van der Waals surface area (Å²) in [5, 5.41) is 8.67. The first kappa shape index (κ1) is 10.6. The molecule has 0 amide bonds. The van der Waals surface area contributed by atoms with Crippen LogP contribution in [0.2, 0.25) is 0 Å². The number of hydrogen-bond donors (Lipinski definition) is 2. The van der Waals surface area contributed by atoms with Crippen molar-refractivity contribution in [2.45, 2.75) is 12.5 Å². The van der Waals surface area contributed by atoms with Crippen molar-refractivity contribution in [2.75, 3.05) is 6.61 Å². The lowest BCUT2D eigenvalue weighted by atomic mass is 10.1. The molecule has 1 aromatic carbocycles. The van der Waals surface area contributed by atoms with Crippen LogP contribution in [0, 0.1) is 5.82 Å². The molecule has 1 atom stereocenters. The molecule has 0 radical (unpaired) electrons. The first-order valence-corrected chi connectivity index (χ1v) is 4.76. The maximum atomic E-state index is 13.0. The smallest absolute Gasteiger partial charge is 0.137 e. The van der Waals surface area contributed by atoms with Crippen LogP contribution >= 0.6 is 15.9 Å². The first-order valence-electron chi connectivity index (χ1n) is 3.97. The normalized spacial score (nSPS) is 12.9. The third-order valence-corrected chi connectivity index (χ3v) is 2.66. The van der Waals surface area contributed by atoms with E-state index in [9.17, 15) is 4.39 Å². The number of hydrogen-bond acceptors (Lipinski definition) is 2. The topological polar surface area (TPSA) is 46.2 Å². The molecule has 2 nitrogen and oxygen atoms in total. The molecule has 0 saturated heterocycles. The molecule has 0 bridgehead atoms. The van der Waals surface area contributed by atoms with Crippen molar-refractivity contribution in [3.05, 3.63) is 34.1 Å². The third kappa shape index (κ3) is 2.49. The zero-order chi connectivity index (χ0) is 9.84. The number of benzene rings is 1. The number of aliphatic hydroxyl groups excluding tert-OH is 1. The Bertz CT molecular complexity index is 293. The fraction of sp³-hybridized carbons (Fsp3) is 0.333. The fourth-order valence-corrected chi connectivity index (χ4v) is 1.66. The van der Waals surface area contributed by atoms with E-state index < -0.39 is 0 Å². The van der Waals surface area contributed by atoms with Gasteiger partial charge in [0.15, 0.2) is 0 Å². The van der Waals surface area contributed by atoms with Crippen LogP contribution in [0.1, 0.15) is 18.0 Å². The highest BCUT2D eigenvalue weighted by Gasteiger charge is 2.11. The maximum Gasteiger partial charge on any atom is 0.137 e. The van der Waals surface area contributed by atoms with E-state index in [2.05, 4.69) is 15.9 Å². The fourth-order valence-electron chi connectivity index (χ4n) is 1.10. The van der Waals surface area contributed by atoms with E-state index in [4.69, 9.17) is 10.8 Å². The van der Waals surface area contributed by atoms with Crippen LogP contribution in [0.4, 0.5) is 4.39 Å². The van der Waals surface area contributed by atoms with Gasteiger partial charge in [-0.15, -0.1) is 0 Å². The highest BCUT2D eigenvalue weighted by molar-refractivity contribution is 9.10. The summed E-state index contributed by atoms with van der Waals surface area (Å²) >= 11 is 3.11. The second-order valence-electron chi connectivity index (χ2n) is 2.76. The van der Waals surface area contributed by atoms with Gasteiger partial charge in [-0.2, -0.15) is 0 Å². The van der Waals surface area contributed by atoms with E-state index in [0.29, 0.717) is 16.5 Å². The number of halogens is 2. The van der Waals surface area contributed by atoms with Crippen LogP contribution < -0.4 is 5.73 Å². The molecule has 1 rings (SSSR count). The third-order valence-electron chi connectivity index (χ3n) is 1.82. The zero-order valence-corrected chi connectivity index (χ0v) is 8.59. The summed E-state index contributed by atoms with van der Waals surface area (Å²) in [5.41, 5.74) is 6.41. The molecule has 0 aliphatic heterocycles. The molecular weight excluding hydrogens is 237 g/mol. The highest BCUT2D eigenvalue weighted by atomic mass is 79.9. The summed E-state index contributed by atoms with van der Waals surface area (Å²) in [4.78, 5) is 0. The maximum absolute atomic E-state index is 13.0. The van der Waals surface area contributed by atoms with Gasteiger partial charge in [-0.3, -0.25) is 0 Å². The average Bonchev–Trinajstić information content (AvgIpc) is 2.10. The van der Waals surface area contributed by atoms with Gasteiger partial charge < -0.3 is 10.8 Å². The largest absolute Gasteiger partial charge is 0.396 e. The Labute approximate surface area is 84.7 Å². The van der Waals surface area contributed by atoms with Crippen molar-refractivity contribution in [3.8, 4) is 0 Å². The summed E-state index contributed by atoms with van der Waals surface area (Å²) in [5.74, 6) is -0.328. The average molecular weight is 248 g/mol. The Morgan fingerprint density at radius 2 is 2.23 bits per heavy atom. The second kappa shape index (κ2) is 4.69. The van der Waals surface area contributed by atoms with Crippen molar-refractivity contribution < 1.29 is 9.50 Å². The van der Waals surface area contributed by atoms with Gasteiger partial charge in [0, 0.05) is 12.6 Å². The summed E-state index contributed by atoms with van der Waals surface area (Å²) in [6.07, 6.45) is 0.433. The van der Waals surface area contributed by atoms with Crippen LogP contribution in [0.15, 0.2) is 22.7 Å². The summed E-state index contributed by atoms with van der Waals surface area (Å²) < 4.78 is 13.4. The van der Waals surface area contributed by atoms with E-state index in [1.165, 1.54) is 6.07 Å². The predicted octanol–water partition coefficient (Wildman–Crippen LogP) is 1.97. The first-order chi connectivity index (χ1) is 6.16. The van der Waals surface area contributed by atoms with Gasteiger partial charge in [0.05, 0.1) is 4.47 Å². The molecule has 0 fully saturated rings. The van der Waals surface area contributed by atoms with Crippen LogP contribution in [0.25, 0.3) is 0 Å². The zero-order valence-electron chi connectivity index (χ0n) is 7.00. The van der Waals surface area contributed by atoms with Crippen LogP contribution in [0.5, 0.6) is 0 Å². The lowest BCUT2D eigenvalue weighted by molar-refractivity contribution is 0.276. The molecule has 4 heteroatoms. The molecule has 1 aromatic rings. The number of aliphatic hydroxyl groups is 1. The molecule has 1 unspecified atom stereocenters. The number of nitrogens with two attached hydrogens (primary N) is 1. The Hall–Kier alpha value is -0.450. The molecule has 13 heavy (non-hydrogen) atoms. The van der Waals surface area contributed by atoms with Crippen molar-refractivity contribution in [3.63, 3.8) is 0 Å².